The summed E-state index contributed by atoms with van der Waals surface area (Å²) in [5, 5.41) is 0. The van der Waals surface area contributed by atoms with Crippen molar-refractivity contribution in [2.45, 2.75) is 233 Å². The largest absolute Gasteiger partial charge is 2.00 e. The van der Waals surface area contributed by atoms with Crippen LogP contribution in [0.25, 0.3) is 0 Å². The second-order valence-electron chi connectivity index (χ2n) is 14.1. The molecule has 0 rings (SSSR count). The van der Waals surface area contributed by atoms with Gasteiger partial charge in [-0.1, -0.05) is 207 Å². The van der Waals surface area contributed by atoms with Crippen LogP contribution in [0.5, 0.6) is 0 Å². The first kappa shape index (κ1) is 56.1. The predicted molar refractivity (Wildman–Crippen MR) is 209 cm³/mol. The maximum absolute atomic E-state index is 11.6. The van der Waals surface area contributed by atoms with E-state index in [1.54, 1.807) is 0 Å². The van der Waals surface area contributed by atoms with Crippen molar-refractivity contribution in [1.82, 2.24) is 0 Å². The van der Waals surface area contributed by atoms with E-state index < -0.39 is 15.6 Å². The molecular weight excluding hydrogens is 726 g/mol. The fraction of sp³-hybridized carbons (Fsp3) is 1.00. The molecule has 0 atom stereocenters. The minimum Gasteiger partial charge on any atom is -0.756 e. The second-order valence-corrected chi connectivity index (χ2v) is 16.9. The normalized spacial score (nSPS) is 11.7. The van der Waals surface area contributed by atoms with Crippen molar-refractivity contribution in [2.24, 2.45) is 0 Å². The number of phosphoric ester groups is 2. The molecule has 0 aliphatic heterocycles. The van der Waals surface area contributed by atoms with Crippen LogP contribution in [0.15, 0.2) is 0 Å². The van der Waals surface area contributed by atoms with Crippen LogP contribution in [-0.2, 0) is 44.3 Å². The quantitative estimate of drug-likeness (QED) is 0.0341. The van der Waals surface area contributed by atoms with Crippen LogP contribution in [0.2, 0.25) is 0 Å². The second kappa shape index (κ2) is 45.1. The minimum atomic E-state index is -4.08. The zero-order chi connectivity index (χ0) is 37.3. The summed E-state index contributed by atoms with van der Waals surface area (Å²) < 4.78 is 43.0. The Hall–Kier alpha value is 0.739. The third-order valence-electron chi connectivity index (χ3n) is 8.99. The van der Waals surface area contributed by atoms with Crippen LogP contribution in [-0.4, -0.2) is 26.4 Å². The summed E-state index contributed by atoms with van der Waals surface area (Å²) in [4.78, 5) is 23.3. The van der Waals surface area contributed by atoms with Crippen molar-refractivity contribution in [3.05, 3.63) is 0 Å². The van der Waals surface area contributed by atoms with Gasteiger partial charge in [0.05, 0.1) is 26.4 Å². The summed E-state index contributed by atoms with van der Waals surface area (Å²) in [5.41, 5.74) is 0. The maximum atomic E-state index is 11.6. The Morgan fingerprint density at radius 3 is 0.588 bits per heavy atom. The Morgan fingerprint density at radius 1 is 0.294 bits per heavy atom. The van der Waals surface area contributed by atoms with E-state index in [2.05, 4.69) is 27.7 Å². The molecule has 310 valence electrons. The Bertz CT molecular complexity index is 635. The number of rotatable bonds is 40. The molecule has 0 fully saturated rings. The van der Waals surface area contributed by atoms with Gasteiger partial charge in [0.15, 0.2) is 0 Å². The van der Waals surface area contributed by atoms with Gasteiger partial charge < -0.3 is 27.9 Å². The molecular formula is C40H84FeO8P2. The van der Waals surface area contributed by atoms with Crippen molar-refractivity contribution in [3.63, 3.8) is 0 Å². The van der Waals surface area contributed by atoms with E-state index in [9.17, 15) is 18.9 Å². The first-order valence-electron chi connectivity index (χ1n) is 21.4. The van der Waals surface area contributed by atoms with Gasteiger partial charge in [0.25, 0.3) is 15.6 Å². The summed E-state index contributed by atoms with van der Waals surface area (Å²) in [6, 6.07) is 0. The first-order chi connectivity index (χ1) is 24.2. The van der Waals surface area contributed by atoms with Crippen molar-refractivity contribution >= 4 is 15.6 Å². The molecule has 11 heteroatoms. The van der Waals surface area contributed by atoms with Gasteiger partial charge in [0.1, 0.15) is 0 Å². The minimum absolute atomic E-state index is 0. The standard InChI is InChI=1S/2C20H43O4P.Fe/c2*1-3-5-7-9-11-13-15-17-19-23-25(21,22)24-20-18-16-14-12-10-8-6-4-2;/h2*3-20H2,1-2H3,(H,21,22);/q;;+2/p-2. The van der Waals surface area contributed by atoms with E-state index in [0.29, 0.717) is 0 Å². The van der Waals surface area contributed by atoms with E-state index in [1.807, 2.05) is 0 Å². The SMILES string of the molecule is CCCCCCCCCCOP(=O)([O-])OCCCCCCCCCC.CCCCCCCCCCOP(=O)([O-])OCCCCCCCCCC.[Fe+2]. The molecule has 0 N–H and O–H groups in total. The number of hydrogen-bond donors (Lipinski definition) is 0. The van der Waals surface area contributed by atoms with E-state index >= 15 is 0 Å². The fourth-order valence-electron chi connectivity index (χ4n) is 5.72. The summed E-state index contributed by atoms with van der Waals surface area (Å²) in [7, 11) is -8.17. The molecule has 0 aromatic rings. The molecule has 0 aromatic heterocycles. The molecule has 0 aliphatic rings. The van der Waals surface area contributed by atoms with Crippen molar-refractivity contribution in [3.8, 4) is 0 Å². The molecule has 0 saturated carbocycles. The number of unbranched alkanes of at least 4 members (excludes halogenated alkanes) is 28. The zero-order valence-electron chi connectivity index (χ0n) is 34.0. The van der Waals surface area contributed by atoms with Gasteiger partial charge in [0, 0.05) is 0 Å². The van der Waals surface area contributed by atoms with Crippen LogP contribution >= 0.6 is 15.6 Å². The average Bonchev–Trinajstić information content (AvgIpc) is 3.09. The van der Waals surface area contributed by atoms with Gasteiger partial charge in [0.2, 0.25) is 0 Å². The third kappa shape index (κ3) is 50.7. The van der Waals surface area contributed by atoms with Crippen LogP contribution in [0.3, 0.4) is 0 Å². The van der Waals surface area contributed by atoms with Gasteiger partial charge in [-0.25, -0.2) is 0 Å². The maximum Gasteiger partial charge on any atom is 2.00 e. The van der Waals surface area contributed by atoms with E-state index in [0.717, 1.165) is 77.0 Å². The Kier molecular flexibility index (Phi) is 49.6. The predicted octanol–water partition coefficient (Wildman–Crippen LogP) is 13.5. The summed E-state index contributed by atoms with van der Waals surface area (Å²) in [6.07, 6.45) is 37.7. The average molecular weight is 811 g/mol. The molecule has 0 amide bonds. The zero-order valence-corrected chi connectivity index (χ0v) is 36.9. The van der Waals surface area contributed by atoms with Gasteiger partial charge in [-0.05, 0) is 25.7 Å². The molecule has 51 heavy (non-hydrogen) atoms. The molecule has 0 spiro atoms. The molecule has 0 radical (unpaired) electrons. The van der Waals surface area contributed by atoms with E-state index in [4.69, 9.17) is 18.1 Å². The van der Waals surface area contributed by atoms with Crippen LogP contribution in [0, 0.1) is 0 Å². The van der Waals surface area contributed by atoms with Crippen LogP contribution < -0.4 is 9.79 Å². The van der Waals surface area contributed by atoms with E-state index in [1.165, 1.54) is 128 Å². The topological polar surface area (TPSA) is 117 Å². The Morgan fingerprint density at radius 2 is 0.431 bits per heavy atom. The summed E-state index contributed by atoms with van der Waals surface area (Å²) in [6.45, 7) is 9.90. The smallest absolute Gasteiger partial charge is 0.756 e. The van der Waals surface area contributed by atoms with Crippen LogP contribution in [0.4, 0.5) is 0 Å². The van der Waals surface area contributed by atoms with Crippen LogP contribution in [0.1, 0.15) is 233 Å². The van der Waals surface area contributed by atoms with Gasteiger partial charge in [-0.3, -0.25) is 9.13 Å². The van der Waals surface area contributed by atoms with Gasteiger partial charge in [-0.2, -0.15) is 0 Å². The third-order valence-corrected chi connectivity index (χ3v) is 11.0. The monoisotopic (exact) mass is 810 g/mol. The Labute approximate surface area is 328 Å². The van der Waals surface area contributed by atoms with Crippen molar-refractivity contribution < 1.29 is 54.1 Å². The van der Waals surface area contributed by atoms with Gasteiger partial charge in [-0.15, -0.1) is 0 Å². The fourth-order valence-corrected chi connectivity index (χ4v) is 7.28. The van der Waals surface area contributed by atoms with Crippen molar-refractivity contribution in [1.29, 1.82) is 0 Å². The molecule has 0 bridgehead atoms. The molecule has 0 saturated heterocycles. The number of hydrogen-bond acceptors (Lipinski definition) is 8. The summed E-state index contributed by atoms with van der Waals surface area (Å²) >= 11 is 0. The molecule has 0 unspecified atom stereocenters. The van der Waals surface area contributed by atoms with E-state index in [-0.39, 0.29) is 43.5 Å². The molecule has 0 aliphatic carbocycles. The van der Waals surface area contributed by atoms with Gasteiger partial charge >= 0.3 is 17.1 Å². The Balaban J connectivity index is -0.000000886. The number of phosphoric acid groups is 2. The van der Waals surface area contributed by atoms with Crippen molar-refractivity contribution in [2.75, 3.05) is 26.4 Å². The molecule has 0 heterocycles. The molecule has 0 aromatic carbocycles. The summed E-state index contributed by atoms with van der Waals surface area (Å²) in [5.74, 6) is 0. The molecule has 8 nitrogen and oxygen atoms in total. The first-order valence-corrected chi connectivity index (χ1v) is 24.4.